The van der Waals surface area contributed by atoms with Crippen molar-refractivity contribution in [3.8, 4) is 0 Å². The molecule has 3 atom stereocenters. The average molecular weight is 859 g/mol. The number of aliphatic hydroxyl groups excluding tert-OH is 1. The molecule has 0 saturated heterocycles. The van der Waals surface area contributed by atoms with Crippen LogP contribution in [0.1, 0.15) is 264 Å². The van der Waals surface area contributed by atoms with Crippen LogP contribution in [-0.4, -0.2) is 68.5 Å². The number of nitrogens with one attached hydrogen (secondary N) is 1. The van der Waals surface area contributed by atoms with E-state index in [0.717, 1.165) is 38.5 Å². The van der Waals surface area contributed by atoms with Gasteiger partial charge in [-0.05, 0) is 12.8 Å². The van der Waals surface area contributed by atoms with E-state index in [0.29, 0.717) is 23.9 Å². The summed E-state index contributed by atoms with van der Waals surface area (Å²) in [7, 11) is 1.32. The molecule has 0 aromatic carbocycles. The molecule has 8 nitrogen and oxygen atoms in total. The van der Waals surface area contributed by atoms with Gasteiger partial charge in [-0.1, -0.05) is 245 Å². The van der Waals surface area contributed by atoms with Gasteiger partial charge in [0.05, 0.1) is 39.9 Å². The van der Waals surface area contributed by atoms with Crippen molar-refractivity contribution in [1.29, 1.82) is 0 Å². The van der Waals surface area contributed by atoms with Crippen molar-refractivity contribution in [2.45, 2.75) is 276 Å². The molecule has 0 fully saturated rings. The second-order valence-corrected chi connectivity index (χ2v) is 20.7. The molecule has 0 bridgehead atoms. The molecule has 3 unspecified atom stereocenters. The molecule has 1 amide bonds. The van der Waals surface area contributed by atoms with Crippen LogP contribution in [0.3, 0.4) is 0 Å². The van der Waals surface area contributed by atoms with Gasteiger partial charge >= 0.3 is 0 Å². The van der Waals surface area contributed by atoms with Crippen LogP contribution in [0.5, 0.6) is 0 Å². The second-order valence-electron chi connectivity index (χ2n) is 19.2. The summed E-state index contributed by atoms with van der Waals surface area (Å²) < 4.78 is 23.3. The molecule has 354 valence electrons. The number of rotatable bonds is 48. The first-order valence-corrected chi connectivity index (χ1v) is 27.3. The zero-order valence-electron chi connectivity index (χ0n) is 40.2. The molecule has 9 heteroatoms. The number of quaternary nitrogens is 1. The lowest BCUT2D eigenvalue weighted by Gasteiger charge is -2.30. The van der Waals surface area contributed by atoms with Crippen LogP contribution in [0.2, 0.25) is 0 Å². The summed E-state index contributed by atoms with van der Waals surface area (Å²) in [5.74, 6) is -0.159. The van der Waals surface area contributed by atoms with Crippen LogP contribution >= 0.6 is 7.82 Å². The molecule has 0 heterocycles. The Morgan fingerprint density at radius 1 is 0.525 bits per heavy atom. The normalized spacial score (nSPS) is 14.1. The molecule has 0 aliphatic carbocycles. The van der Waals surface area contributed by atoms with E-state index >= 15 is 0 Å². The smallest absolute Gasteiger partial charge is 0.268 e. The number of phosphoric ester groups is 1. The van der Waals surface area contributed by atoms with Gasteiger partial charge < -0.3 is 28.8 Å². The largest absolute Gasteiger partial charge is 0.756 e. The van der Waals surface area contributed by atoms with E-state index in [-0.39, 0.29) is 19.1 Å². The number of likely N-dealkylation sites (N-methyl/N-ethyl adjacent to an activating group) is 1. The summed E-state index contributed by atoms with van der Waals surface area (Å²) in [6, 6.07) is -0.793. The third kappa shape index (κ3) is 45.3. The molecule has 0 radical (unpaired) electrons. The number of nitrogens with zero attached hydrogens (tertiary/aromatic N) is 1. The van der Waals surface area contributed by atoms with Crippen LogP contribution in [0.15, 0.2) is 0 Å². The maximum absolute atomic E-state index is 12.9. The Morgan fingerprint density at radius 3 is 1.15 bits per heavy atom. The van der Waals surface area contributed by atoms with Gasteiger partial charge in [0.15, 0.2) is 0 Å². The fourth-order valence-electron chi connectivity index (χ4n) is 7.98. The zero-order valence-corrected chi connectivity index (χ0v) is 41.1. The van der Waals surface area contributed by atoms with Gasteiger partial charge in [-0.3, -0.25) is 9.36 Å². The monoisotopic (exact) mass is 859 g/mol. The predicted molar refractivity (Wildman–Crippen MR) is 252 cm³/mol. The number of carbonyl (C=O) groups excluding carboxylic acids is 1. The molecule has 0 aromatic heterocycles. The molecule has 0 spiro atoms. The first-order chi connectivity index (χ1) is 28.5. The Hall–Kier alpha value is -0.500. The highest BCUT2D eigenvalue weighted by Crippen LogP contribution is 2.38. The van der Waals surface area contributed by atoms with Crippen molar-refractivity contribution in [3.63, 3.8) is 0 Å². The number of hydrogen-bond donors (Lipinski definition) is 2. The van der Waals surface area contributed by atoms with Crippen molar-refractivity contribution in [1.82, 2.24) is 5.32 Å². The molecule has 0 aromatic rings. The molecule has 0 rings (SSSR count). The molecular weight excluding hydrogens is 756 g/mol. The molecule has 0 aliphatic rings. The van der Waals surface area contributed by atoms with Gasteiger partial charge in [0.25, 0.3) is 7.82 Å². The lowest BCUT2D eigenvalue weighted by atomic mass is 10.0. The van der Waals surface area contributed by atoms with Gasteiger partial charge in [0.2, 0.25) is 5.91 Å². The van der Waals surface area contributed by atoms with E-state index in [1.807, 2.05) is 21.1 Å². The standard InChI is InChI=1S/C50H103N2O6P/c1-6-8-10-12-14-16-18-20-22-23-24-25-26-27-28-29-30-32-34-36-38-40-42-44-50(54)51-48(47-58-59(55,56)57-46-45-52(3,4)5)49(53)43-41-39-37-35-33-31-21-19-17-15-13-11-9-7-2/h48-49,53H,6-47H2,1-5H3,(H-,51,54,55,56). The SMILES string of the molecule is CCCCCCCCCCCCCCCCCCCCCCCCCC(=O)NC(COP(=O)([O-])OCC[N+](C)(C)C)C(O)CCCCCCCCCCCCCCCC. The van der Waals surface area contributed by atoms with E-state index in [1.54, 1.807) is 0 Å². The zero-order chi connectivity index (χ0) is 43.6. The van der Waals surface area contributed by atoms with Gasteiger partial charge in [-0.25, -0.2) is 0 Å². The van der Waals surface area contributed by atoms with E-state index in [1.165, 1.54) is 199 Å². The molecule has 0 saturated carbocycles. The van der Waals surface area contributed by atoms with Crippen LogP contribution in [0.25, 0.3) is 0 Å². The highest BCUT2D eigenvalue weighted by atomic mass is 31.2. The number of unbranched alkanes of at least 4 members (excludes halogenated alkanes) is 35. The Labute approximate surface area is 368 Å². The van der Waals surface area contributed by atoms with Crippen molar-refractivity contribution >= 4 is 13.7 Å². The van der Waals surface area contributed by atoms with Gasteiger partial charge in [-0.2, -0.15) is 0 Å². The summed E-state index contributed by atoms with van der Waals surface area (Å²) in [5.41, 5.74) is 0. The number of hydrogen-bond acceptors (Lipinski definition) is 6. The van der Waals surface area contributed by atoms with E-state index < -0.39 is 20.0 Å². The topological polar surface area (TPSA) is 108 Å². The number of amides is 1. The number of carbonyl (C=O) groups is 1. The summed E-state index contributed by atoms with van der Waals surface area (Å²) >= 11 is 0. The second kappa shape index (κ2) is 42.8. The summed E-state index contributed by atoms with van der Waals surface area (Å²) in [6.45, 7) is 4.76. The average Bonchev–Trinajstić information content (AvgIpc) is 3.19. The van der Waals surface area contributed by atoms with Crippen LogP contribution < -0.4 is 10.2 Å². The van der Waals surface area contributed by atoms with E-state index in [4.69, 9.17) is 9.05 Å². The fourth-order valence-corrected chi connectivity index (χ4v) is 8.71. The van der Waals surface area contributed by atoms with Gasteiger partial charge in [0.1, 0.15) is 13.2 Å². The lowest BCUT2D eigenvalue weighted by molar-refractivity contribution is -0.870. The Balaban J connectivity index is 4.15. The third-order valence-corrected chi connectivity index (χ3v) is 13.1. The van der Waals surface area contributed by atoms with Crippen molar-refractivity contribution in [2.24, 2.45) is 0 Å². The molecule has 59 heavy (non-hydrogen) atoms. The Kier molecular flexibility index (Phi) is 42.4. The third-order valence-electron chi connectivity index (χ3n) is 12.1. The summed E-state index contributed by atoms with van der Waals surface area (Å²) in [6.07, 6.45) is 48.3. The van der Waals surface area contributed by atoms with Crippen LogP contribution in [-0.2, 0) is 18.4 Å². The quantitative estimate of drug-likeness (QED) is 0.0358. The maximum atomic E-state index is 12.9. The minimum atomic E-state index is -4.56. The van der Waals surface area contributed by atoms with Crippen molar-refractivity contribution < 1.29 is 32.9 Å². The van der Waals surface area contributed by atoms with E-state index in [9.17, 15) is 19.4 Å². The Bertz CT molecular complexity index is 932. The fraction of sp³-hybridized carbons (Fsp3) is 0.980. The summed E-state index contributed by atoms with van der Waals surface area (Å²) in [5, 5.41) is 14.0. The molecule has 0 aliphatic heterocycles. The summed E-state index contributed by atoms with van der Waals surface area (Å²) in [4.78, 5) is 25.4. The molecule has 2 N–H and O–H groups in total. The van der Waals surface area contributed by atoms with Gasteiger partial charge in [0, 0.05) is 6.42 Å². The number of aliphatic hydroxyl groups is 1. The van der Waals surface area contributed by atoms with Gasteiger partial charge in [-0.15, -0.1) is 0 Å². The minimum absolute atomic E-state index is 0.0163. The highest BCUT2D eigenvalue weighted by Gasteiger charge is 2.24. The molecular formula is C50H103N2O6P. The highest BCUT2D eigenvalue weighted by molar-refractivity contribution is 7.45. The first-order valence-electron chi connectivity index (χ1n) is 25.9. The maximum Gasteiger partial charge on any atom is 0.268 e. The lowest BCUT2D eigenvalue weighted by Crippen LogP contribution is -2.46. The minimum Gasteiger partial charge on any atom is -0.756 e. The Morgan fingerprint density at radius 2 is 0.831 bits per heavy atom. The van der Waals surface area contributed by atoms with Crippen LogP contribution in [0.4, 0.5) is 0 Å². The number of phosphoric acid groups is 1. The van der Waals surface area contributed by atoms with Crippen molar-refractivity contribution in [2.75, 3.05) is 40.9 Å². The van der Waals surface area contributed by atoms with Crippen LogP contribution in [0, 0.1) is 0 Å². The van der Waals surface area contributed by atoms with E-state index in [2.05, 4.69) is 19.2 Å². The van der Waals surface area contributed by atoms with Crippen molar-refractivity contribution in [3.05, 3.63) is 0 Å². The first kappa shape index (κ1) is 58.5. The predicted octanol–water partition coefficient (Wildman–Crippen LogP) is 14.3.